The van der Waals surface area contributed by atoms with E-state index in [2.05, 4.69) is 15.3 Å². The first-order valence-corrected chi connectivity index (χ1v) is 6.39. The van der Waals surface area contributed by atoms with Crippen LogP contribution in [0.15, 0.2) is 6.33 Å². The minimum absolute atomic E-state index is 0.117. The number of hydrogen-bond acceptors (Lipinski definition) is 5. The zero-order valence-corrected chi connectivity index (χ0v) is 10.5. The van der Waals surface area contributed by atoms with Crippen LogP contribution in [0.5, 0.6) is 0 Å². The van der Waals surface area contributed by atoms with Crippen molar-refractivity contribution in [2.45, 2.75) is 25.7 Å². The topological polar surface area (TPSA) is 81.0 Å². The number of hydrogen-bond donors (Lipinski definition) is 1. The molecule has 1 aromatic heterocycles. The number of aromatic nitrogens is 2. The molecule has 0 aromatic carbocycles. The van der Waals surface area contributed by atoms with Crippen molar-refractivity contribution >= 4 is 23.1 Å². The van der Waals surface area contributed by atoms with Crippen LogP contribution in [0.1, 0.15) is 25.7 Å². The normalized spacial score (nSPS) is 20.5. The van der Waals surface area contributed by atoms with Crippen molar-refractivity contribution in [1.29, 1.82) is 0 Å². The maximum atomic E-state index is 10.9. The van der Waals surface area contributed by atoms with E-state index in [0.717, 1.165) is 12.5 Å². The summed E-state index contributed by atoms with van der Waals surface area (Å²) in [7, 11) is 0. The molecule has 0 unspecified atom stereocenters. The quantitative estimate of drug-likeness (QED) is 0.504. The molecule has 18 heavy (non-hydrogen) atoms. The molecule has 96 valence electrons. The Hall–Kier alpha value is -1.43. The highest BCUT2D eigenvalue weighted by Crippen LogP contribution is 2.61. The van der Waals surface area contributed by atoms with Gasteiger partial charge in [0.25, 0.3) is 0 Å². The monoisotopic (exact) mass is 268 g/mol. The summed E-state index contributed by atoms with van der Waals surface area (Å²) in [5.74, 6) is 1.02. The number of anilines is 1. The van der Waals surface area contributed by atoms with Crippen molar-refractivity contribution in [3.63, 3.8) is 0 Å². The van der Waals surface area contributed by atoms with E-state index in [1.54, 1.807) is 0 Å². The number of nitrogens with zero attached hydrogens (tertiary/aromatic N) is 3. The first-order chi connectivity index (χ1) is 8.62. The first kappa shape index (κ1) is 11.6. The highest BCUT2D eigenvalue weighted by atomic mass is 35.5. The van der Waals surface area contributed by atoms with Gasteiger partial charge in [0.15, 0.2) is 0 Å². The molecule has 2 fully saturated rings. The lowest BCUT2D eigenvalue weighted by atomic mass is 10.0. The van der Waals surface area contributed by atoms with Crippen LogP contribution in [-0.2, 0) is 0 Å². The van der Waals surface area contributed by atoms with Crippen molar-refractivity contribution in [3.05, 3.63) is 21.6 Å². The average molecular weight is 269 g/mol. The predicted molar refractivity (Wildman–Crippen MR) is 66.6 cm³/mol. The van der Waals surface area contributed by atoms with Crippen LogP contribution < -0.4 is 5.32 Å². The molecule has 2 saturated carbocycles. The predicted octanol–water partition coefficient (Wildman–Crippen LogP) is 2.64. The van der Waals surface area contributed by atoms with Crippen LogP contribution in [0.2, 0.25) is 5.15 Å². The van der Waals surface area contributed by atoms with Gasteiger partial charge in [-0.2, -0.15) is 0 Å². The van der Waals surface area contributed by atoms with Crippen LogP contribution >= 0.6 is 11.6 Å². The van der Waals surface area contributed by atoms with E-state index in [-0.39, 0.29) is 16.7 Å². The van der Waals surface area contributed by atoms with Gasteiger partial charge in [-0.1, -0.05) is 11.6 Å². The number of nitrogens with one attached hydrogen (secondary N) is 1. The highest BCUT2D eigenvalue weighted by Gasteiger charge is 2.53. The molecule has 3 rings (SSSR count). The molecule has 2 aliphatic carbocycles. The lowest BCUT2D eigenvalue weighted by molar-refractivity contribution is -0.384. The molecule has 0 aliphatic heterocycles. The molecular weight excluding hydrogens is 256 g/mol. The fourth-order valence-corrected chi connectivity index (χ4v) is 2.70. The Morgan fingerprint density at radius 3 is 2.78 bits per heavy atom. The average Bonchev–Trinajstić information content (AvgIpc) is 3.17. The molecule has 0 saturated heterocycles. The van der Waals surface area contributed by atoms with Crippen molar-refractivity contribution in [3.8, 4) is 0 Å². The van der Waals surface area contributed by atoms with Crippen molar-refractivity contribution < 1.29 is 4.92 Å². The highest BCUT2D eigenvalue weighted by molar-refractivity contribution is 6.31. The summed E-state index contributed by atoms with van der Waals surface area (Å²) in [6, 6.07) is 0. The largest absolute Gasteiger partial charge is 0.364 e. The molecule has 0 amide bonds. The fourth-order valence-electron chi connectivity index (χ4n) is 2.49. The number of halogens is 1. The second-order valence-corrected chi connectivity index (χ2v) is 5.47. The van der Waals surface area contributed by atoms with Crippen LogP contribution in [-0.4, -0.2) is 21.4 Å². The smallest absolute Gasteiger partial charge is 0.348 e. The maximum absolute atomic E-state index is 10.9. The number of nitro groups is 1. The Morgan fingerprint density at radius 2 is 2.22 bits per heavy atom. The maximum Gasteiger partial charge on any atom is 0.348 e. The van der Waals surface area contributed by atoms with Crippen LogP contribution in [0.3, 0.4) is 0 Å². The van der Waals surface area contributed by atoms with E-state index >= 15 is 0 Å². The van der Waals surface area contributed by atoms with Gasteiger partial charge in [-0.3, -0.25) is 10.1 Å². The summed E-state index contributed by atoms with van der Waals surface area (Å²) in [6.45, 7) is 0.742. The summed E-state index contributed by atoms with van der Waals surface area (Å²) in [5.41, 5.74) is 0.122. The molecule has 0 atom stereocenters. The van der Waals surface area contributed by atoms with Gasteiger partial charge >= 0.3 is 5.69 Å². The van der Waals surface area contributed by atoms with Crippen LogP contribution in [0.25, 0.3) is 0 Å². The van der Waals surface area contributed by atoms with Crippen molar-refractivity contribution in [2.75, 3.05) is 11.9 Å². The Labute approximate surface area is 109 Å². The molecule has 7 heteroatoms. The van der Waals surface area contributed by atoms with Crippen LogP contribution in [0.4, 0.5) is 11.5 Å². The zero-order valence-electron chi connectivity index (χ0n) is 9.73. The molecule has 1 aromatic rings. The molecular formula is C11H13ClN4O2. The van der Waals surface area contributed by atoms with Gasteiger partial charge in [-0.05, 0) is 37.0 Å². The van der Waals surface area contributed by atoms with Gasteiger partial charge in [0.05, 0.1) is 4.92 Å². The lowest BCUT2D eigenvalue weighted by Gasteiger charge is -2.15. The van der Waals surface area contributed by atoms with E-state index in [1.165, 1.54) is 32.0 Å². The zero-order chi connectivity index (χ0) is 12.8. The second-order valence-electron chi connectivity index (χ2n) is 5.11. The fraction of sp³-hybridized carbons (Fsp3) is 0.636. The molecule has 1 heterocycles. The summed E-state index contributed by atoms with van der Waals surface area (Å²) in [6.07, 6.45) is 6.23. The third kappa shape index (κ3) is 2.01. The van der Waals surface area contributed by atoms with Crippen molar-refractivity contribution in [2.24, 2.45) is 11.3 Å². The third-order valence-electron chi connectivity index (χ3n) is 3.90. The Bertz CT molecular complexity index is 500. The minimum atomic E-state index is -0.540. The summed E-state index contributed by atoms with van der Waals surface area (Å²) in [5, 5.41) is 13.9. The van der Waals surface area contributed by atoms with Gasteiger partial charge < -0.3 is 5.32 Å². The molecule has 0 radical (unpaired) electrons. The van der Waals surface area contributed by atoms with Gasteiger partial charge in [0.2, 0.25) is 11.0 Å². The van der Waals surface area contributed by atoms with Crippen molar-refractivity contribution in [1.82, 2.24) is 9.97 Å². The Morgan fingerprint density at radius 1 is 1.50 bits per heavy atom. The van der Waals surface area contributed by atoms with E-state index < -0.39 is 4.92 Å². The number of rotatable bonds is 5. The van der Waals surface area contributed by atoms with Gasteiger partial charge in [-0.25, -0.2) is 9.97 Å². The SMILES string of the molecule is O=[N+]([O-])c1c(Cl)ncnc1NCC1(C2CC2)CC1. The minimum Gasteiger partial charge on any atom is -0.364 e. The van der Waals surface area contributed by atoms with E-state index in [9.17, 15) is 10.1 Å². The standard InChI is InChI=1S/C11H13ClN4O2/c12-9-8(16(17)18)10(15-6-14-9)13-5-11(3-4-11)7-1-2-7/h6-7H,1-5H2,(H,13,14,15). The van der Waals surface area contributed by atoms with Gasteiger partial charge in [-0.15, -0.1) is 0 Å². The van der Waals surface area contributed by atoms with E-state index in [4.69, 9.17) is 11.6 Å². The molecule has 2 aliphatic rings. The molecule has 6 nitrogen and oxygen atoms in total. The molecule has 1 N–H and O–H groups in total. The Balaban J connectivity index is 1.76. The van der Waals surface area contributed by atoms with Gasteiger partial charge in [0.1, 0.15) is 6.33 Å². The summed E-state index contributed by atoms with van der Waals surface area (Å²) in [4.78, 5) is 18.0. The second kappa shape index (κ2) is 4.05. The Kier molecular flexibility index (Phi) is 2.62. The molecule has 0 bridgehead atoms. The van der Waals surface area contributed by atoms with E-state index in [1.807, 2.05) is 0 Å². The first-order valence-electron chi connectivity index (χ1n) is 6.01. The third-order valence-corrected chi connectivity index (χ3v) is 4.18. The van der Waals surface area contributed by atoms with E-state index in [0.29, 0.717) is 5.41 Å². The van der Waals surface area contributed by atoms with Crippen LogP contribution in [0, 0.1) is 21.4 Å². The lowest BCUT2D eigenvalue weighted by Crippen LogP contribution is -2.18. The summed E-state index contributed by atoms with van der Waals surface area (Å²) < 4.78 is 0. The molecule has 0 spiro atoms. The summed E-state index contributed by atoms with van der Waals surface area (Å²) >= 11 is 5.73. The van der Waals surface area contributed by atoms with Gasteiger partial charge in [0, 0.05) is 6.54 Å².